The quantitative estimate of drug-likeness (QED) is 0.853. The second-order valence-electron chi connectivity index (χ2n) is 5.02. The Labute approximate surface area is 113 Å². The van der Waals surface area contributed by atoms with Gasteiger partial charge >= 0.3 is 0 Å². The highest BCUT2D eigenvalue weighted by Gasteiger charge is 2.21. The summed E-state index contributed by atoms with van der Waals surface area (Å²) in [5.41, 5.74) is 7.90. The Morgan fingerprint density at radius 2 is 2.11 bits per heavy atom. The lowest BCUT2D eigenvalue weighted by Gasteiger charge is -2.31. The average molecular weight is 266 g/mol. The van der Waals surface area contributed by atoms with Crippen LogP contribution in [0.25, 0.3) is 0 Å². The van der Waals surface area contributed by atoms with Crippen molar-refractivity contribution in [1.29, 1.82) is 0 Å². The summed E-state index contributed by atoms with van der Waals surface area (Å²) >= 11 is 5.04. The van der Waals surface area contributed by atoms with Crippen molar-refractivity contribution in [3.8, 4) is 0 Å². The number of benzene rings is 1. The van der Waals surface area contributed by atoms with Crippen molar-refractivity contribution in [2.45, 2.75) is 26.3 Å². The highest BCUT2D eigenvalue weighted by atomic mass is 32.1. The smallest absolute Gasteiger partial charge is 0.123 e. The number of rotatable bonds is 3. The van der Waals surface area contributed by atoms with E-state index >= 15 is 0 Å². The Kier molecular flexibility index (Phi) is 4.30. The van der Waals surface area contributed by atoms with Crippen LogP contribution in [-0.4, -0.2) is 23.0 Å². The molecule has 0 amide bonds. The van der Waals surface area contributed by atoms with Gasteiger partial charge in [-0.3, -0.25) is 4.90 Å². The summed E-state index contributed by atoms with van der Waals surface area (Å²) in [6, 6.07) is 5.01. The van der Waals surface area contributed by atoms with Crippen LogP contribution in [0.5, 0.6) is 0 Å². The third-order valence-corrected chi connectivity index (χ3v) is 4.02. The van der Waals surface area contributed by atoms with Crippen LogP contribution in [0.15, 0.2) is 18.2 Å². The van der Waals surface area contributed by atoms with Crippen LogP contribution in [0, 0.1) is 18.7 Å². The maximum atomic E-state index is 13.0. The molecule has 1 fully saturated rings. The molecule has 18 heavy (non-hydrogen) atoms. The number of nitrogens with zero attached hydrogens (tertiary/aromatic N) is 1. The summed E-state index contributed by atoms with van der Waals surface area (Å²) in [6.07, 6.45) is 2.07. The molecule has 0 unspecified atom stereocenters. The van der Waals surface area contributed by atoms with Gasteiger partial charge in [-0.05, 0) is 56.1 Å². The number of likely N-dealkylation sites (tertiary alicyclic amines) is 1. The predicted molar refractivity (Wildman–Crippen MR) is 75.9 cm³/mol. The van der Waals surface area contributed by atoms with Crippen LogP contribution in [0.2, 0.25) is 0 Å². The fraction of sp³-hybridized carbons (Fsp3) is 0.500. The summed E-state index contributed by atoms with van der Waals surface area (Å²) in [5.74, 6) is 0.231. The minimum atomic E-state index is -0.163. The van der Waals surface area contributed by atoms with E-state index in [1.807, 2.05) is 13.0 Å². The van der Waals surface area contributed by atoms with Gasteiger partial charge in [0, 0.05) is 12.5 Å². The molecular formula is C14H19FN2S. The van der Waals surface area contributed by atoms with Gasteiger partial charge in [0.05, 0.1) is 4.99 Å². The lowest BCUT2D eigenvalue weighted by molar-refractivity contribution is 0.202. The number of aryl methyl sites for hydroxylation is 1. The summed E-state index contributed by atoms with van der Waals surface area (Å²) in [7, 11) is 0. The fourth-order valence-corrected chi connectivity index (χ4v) is 2.69. The number of nitrogens with two attached hydrogens (primary N) is 1. The third kappa shape index (κ3) is 3.27. The lowest BCUT2D eigenvalue weighted by atomic mass is 9.96. The van der Waals surface area contributed by atoms with Crippen LogP contribution in [-0.2, 0) is 6.54 Å². The Balaban J connectivity index is 1.93. The molecule has 98 valence electrons. The Bertz CT molecular complexity index is 439. The highest BCUT2D eigenvalue weighted by molar-refractivity contribution is 7.80. The number of hydrogen-bond acceptors (Lipinski definition) is 2. The molecule has 4 heteroatoms. The van der Waals surface area contributed by atoms with E-state index < -0.39 is 0 Å². The minimum Gasteiger partial charge on any atom is -0.393 e. The van der Waals surface area contributed by atoms with E-state index in [0.717, 1.165) is 38.0 Å². The SMILES string of the molecule is Cc1cc(F)ccc1CN1CCC(C(N)=S)CC1. The second-order valence-corrected chi connectivity index (χ2v) is 5.50. The van der Waals surface area contributed by atoms with Crippen LogP contribution < -0.4 is 5.73 Å². The van der Waals surface area contributed by atoms with Crippen molar-refractivity contribution in [1.82, 2.24) is 4.90 Å². The summed E-state index contributed by atoms with van der Waals surface area (Å²) in [5, 5.41) is 0. The van der Waals surface area contributed by atoms with Crippen molar-refractivity contribution < 1.29 is 4.39 Å². The van der Waals surface area contributed by atoms with Gasteiger partial charge in [-0.15, -0.1) is 0 Å². The van der Waals surface area contributed by atoms with E-state index in [2.05, 4.69) is 4.90 Å². The maximum absolute atomic E-state index is 13.0. The summed E-state index contributed by atoms with van der Waals surface area (Å²) < 4.78 is 13.0. The molecule has 0 radical (unpaired) electrons. The summed E-state index contributed by atoms with van der Waals surface area (Å²) in [6.45, 7) is 4.87. The van der Waals surface area contributed by atoms with Crippen molar-refractivity contribution in [2.75, 3.05) is 13.1 Å². The first kappa shape index (κ1) is 13.4. The van der Waals surface area contributed by atoms with E-state index in [1.165, 1.54) is 11.6 Å². The van der Waals surface area contributed by atoms with E-state index in [4.69, 9.17) is 18.0 Å². The zero-order valence-electron chi connectivity index (χ0n) is 10.7. The van der Waals surface area contributed by atoms with Gasteiger partial charge in [-0.1, -0.05) is 18.3 Å². The number of piperidine rings is 1. The van der Waals surface area contributed by atoms with Crippen LogP contribution in [0.3, 0.4) is 0 Å². The molecule has 1 aliphatic heterocycles. The number of thiocarbonyl (C=S) groups is 1. The maximum Gasteiger partial charge on any atom is 0.123 e. The minimum absolute atomic E-state index is 0.163. The normalized spacial score (nSPS) is 17.9. The largest absolute Gasteiger partial charge is 0.393 e. The Morgan fingerprint density at radius 3 is 2.67 bits per heavy atom. The molecule has 0 aliphatic carbocycles. The Hall–Kier alpha value is -1.00. The molecule has 0 spiro atoms. The molecule has 2 N–H and O–H groups in total. The monoisotopic (exact) mass is 266 g/mol. The molecule has 1 saturated heterocycles. The fourth-order valence-electron chi connectivity index (χ4n) is 2.45. The van der Waals surface area contributed by atoms with E-state index in [0.29, 0.717) is 10.9 Å². The van der Waals surface area contributed by atoms with Crippen molar-refractivity contribution in [3.63, 3.8) is 0 Å². The standard InChI is InChI=1S/C14H19FN2S/c1-10-8-13(15)3-2-12(10)9-17-6-4-11(5-7-17)14(16)18/h2-3,8,11H,4-7,9H2,1H3,(H2,16,18). The van der Waals surface area contributed by atoms with Gasteiger partial charge in [-0.2, -0.15) is 0 Å². The van der Waals surface area contributed by atoms with Crippen LogP contribution in [0.1, 0.15) is 24.0 Å². The molecule has 0 bridgehead atoms. The van der Waals surface area contributed by atoms with E-state index in [1.54, 1.807) is 6.07 Å². The van der Waals surface area contributed by atoms with Crippen molar-refractivity contribution in [2.24, 2.45) is 11.7 Å². The topological polar surface area (TPSA) is 29.3 Å². The highest BCUT2D eigenvalue weighted by Crippen LogP contribution is 2.20. The van der Waals surface area contributed by atoms with Gasteiger partial charge in [0.1, 0.15) is 5.82 Å². The first-order valence-electron chi connectivity index (χ1n) is 6.33. The molecular weight excluding hydrogens is 247 g/mol. The number of halogens is 1. The molecule has 0 atom stereocenters. The van der Waals surface area contributed by atoms with Gasteiger partial charge in [0.2, 0.25) is 0 Å². The number of hydrogen-bond donors (Lipinski definition) is 1. The molecule has 1 heterocycles. The zero-order valence-corrected chi connectivity index (χ0v) is 11.5. The summed E-state index contributed by atoms with van der Waals surface area (Å²) in [4.78, 5) is 3.03. The van der Waals surface area contributed by atoms with Crippen LogP contribution in [0.4, 0.5) is 4.39 Å². The van der Waals surface area contributed by atoms with E-state index in [-0.39, 0.29) is 5.82 Å². The van der Waals surface area contributed by atoms with Gasteiger partial charge < -0.3 is 5.73 Å². The molecule has 1 aliphatic rings. The van der Waals surface area contributed by atoms with Crippen molar-refractivity contribution in [3.05, 3.63) is 35.1 Å². The van der Waals surface area contributed by atoms with Gasteiger partial charge in [-0.25, -0.2) is 4.39 Å². The first-order chi connectivity index (χ1) is 8.56. The average Bonchev–Trinajstić information content (AvgIpc) is 2.33. The van der Waals surface area contributed by atoms with Gasteiger partial charge in [0.15, 0.2) is 0 Å². The molecule has 2 nitrogen and oxygen atoms in total. The molecule has 0 aromatic heterocycles. The second kappa shape index (κ2) is 5.76. The molecule has 1 aromatic rings. The predicted octanol–water partition coefficient (Wildman–Crippen LogP) is 2.63. The zero-order chi connectivity index (χ0) is 13.1. The lowest BCUT2D eigenvalue weighted by Crippen LogP contribution is -2.37. The molecule has 2 rings (SSSR count). The molecule has 0 saturated carbocycles. The van der Waals surface area contributed by atoms with E-state index in [9.17, 15) is 4.39 Å². The van der Waals surface area contributed by atoms with Gasteiger partial charge in [0.25, 0.3) is 0 Å². The molecule has 1 aromatic carbocycles. The van der Waals surface area contributed by atoms with Crippen molar-refractivity contribution >= 4 is 17.2 Å². The van der Waals surface area contributed by atoms with Crippen LogP contribution >= 0.6 is 12.2 Å². The third-order valence-electron chi connectivity index (χ3n) is 3.69. The first-order valence-corrected chi connectivity index (χ1v) is 6.74. The Morgan fingerprint density at radius 1 is 1.44 bits per heavy atom.